The molecule has 9 heteroatoms. The Hall–Kier alpha value is -2.33. The lowest BCUT2D eigenvalue weighted by Crippen LogP contribution is -2.49. The van der Waals surface area contributed by atoms with Gasteiger partial charge in [-0.15, -0.1) is 11.3 Å². The van der Waals surface area contributed by atoms with E-state index >= 15 is 0 Å². The van der Waals surface area contributed by atoms with Crippen LogP contribution in [-0.2, 0) is 9.59 Å². The fourth-order valence-corrected chi connectivity index (χ4v) is 6.43. The zero-order valence-corrected chi connectivity index (χ0v) is 24.0. The first-order valence-corrected chi connectivity index (χ1v) is 14.6. The number of piperidine rings is 1. The number of aryl methyl sites for hydroxylation is 1. The Morgan fingerprint density at radius 1 is 1.21 bits per heavy atom. The third kappa shape index (κ3) is 6.11. The molecule has 208 valence electrons. The average Bonchev–Trinajstić information content (AvgIpc) is 3.51. The number of aliphatic hydroxyl groups is 2. The molecule has 2 amide bonds. The van der Waals surface area contributed by atoms with Crippen LogP contribution in [0, 0.1) is 18.8 Å². The van der Waals surface area contributed by atoms with Gasteiger partial charge in [0.15, 0.2) is 0 Å². The number of carbonyl (C=O) groups is 2. The quantitative estimate of drug-likeness (QED) is 0.473. The number of aromatic nitrogens is 1. The first-order valence-electron chi connectivity index (χ1n) is 13.7. The highest BCUT2D eigenvalue weighted by atomic mass is 32.1. The molecule has 4 unspecified atom stereocenters. The number of rotatable bonds is 8. The number of hydrogen-bond acceptors (Lipinski definition) is 7. The highest BCUT2D eigenvalue weighted by molar-refractivity contribution is 7.13. The first kappa shape index (κ1) is 28.7. The molecule has 0 radical (unpaired) electrons. The van der Waals surface area contributed by atoms with Crippen LogP contribution in [0.4, 0.5) is 0 Å². The van der Waals surface area contributed by atoms with Gasteiger partial charge in [0.1, 0.15) is 6.04 Å². The van der Waals surface area contributed by atoms with E-state index in [1.165, 1.54) is 4.90 Å². The Balaban J connectivity index is 1.62. The third-order valence-electron chi connectivity index (χ3n) is 8.38. The molecular formula is C29H42N4O4S. The van der Waals surface area contributed by atoms with Crippen LogP contribution in [0.15, 0.2) is 23.7 Å². The highest BCUT2D eigenvalue weighted by Crippen LogP contribution is 2.37. The van der Waals surface area contributed by atoms with Gasteiger partial charge in [-0.05, 0) is 74.5 Å². The molecule has 2 saturated heterocycles. The number of likely N-dealkylation sites (tertiary alicyclic amines) is 2. The largest absolute Gasteiger partial charge is 0.394 e. The first-order chi connectivity index (χ1) is 18.1. The molecule has 0 saturated carbocycles. The Labute approximate surface area is 230 Å². The van der Waals surface area contributed by atoms with E-state index in [9.17, 15) is 19.8 Å². The molecule has 1 aromatic carbocycles. The van der Waals surface area contributed by atoms with Crippen LogP contribution < -0.4 is 5.32 Å². The molecule has 38 heavy (non-hydrogen) atoms. The van der Waals surface area contributed by atoms with E-state index in [1.807, 2.05) is 45.3 Å². The van der Waals surface area contributed by atoms with Crippen molar-refractivity contribution in [2.75, 3.05) is 33.3 Å². The Morgan fingerprint density at radius 2 is 1.92 bits per heavy atom. The molecule has 2 aliphatic rings. The van der Waals surface area contributed by atoms with Crippen molar-refractivity contribution >= 4 is 23.2 Å². The van der Waals surface area contributed by atoms with Crippen molar-refractivity contribution in [3.05, 3.63) is 40.5 Å². The maximum atomic E-state index is 13.5. The number of aliphatic hydroxyl groups excluding tert-OH is 2. The number of benzene rings is 1. The topological polar surface area (TPSA) is 106 Å². The molecule has 0 aliphatic carbocycles. The molecule has 2 aromatic rings. The lowest BCUT2D eigenvalue weighted by Gasteiger charge is -2.33. The van der Waals surface area contributed by atoms with E-state index in [0.29, 0.717) is 5.92 Å². The lowest BCUT2D eigenvalue weighted by atomic mass is 9.83. The minimum absolute atomic E-state index is 0.117. The van der Waals surface area contributed by atoms with Crippen molar-refractivity contribution in [2.24, 2.45) is 11.8 Å². The zero-order valence-electron chi connectivity index (χ0n) is 23.2. The monoisotopic (exact) mass is 542 g/mol. The van der Waals surface area contributed by atoms with Crippen molar-refractivity contribution in [1.82, 2.24) is 20.1 Å². The summed E-state index contributed by atoms with van der Waals surface area (Å²) in [5, 5.41) is 23.8. The van der Waals surface area contributed by atoms with Crippen molar-refractivity contribution in [1.29, 1.82) is 0 Å². The molecule has 8 nitrogen and oxygen atoms in total. The minimum Gasteiger partial charge on any atom is -0.394 e. The van der Waals surface area contributed by atoms with E-state index in [1.54, 1.807) is 11.3 Å². The van der Waals surface area contributed by atoms with Gasteiger partial charge in [0.2, 0.25) is 11.8 Å². The highest BCUT2D eigenvalue weighted by Gasteiger charge is 2.41. The van der Waals surface area contributed by atoms with Crippen LogP contribution in [0.25, 0.3) is 10.4 Å². The predicted octanol–water partition coefficient (Wildman–Crippen LogP) is 3.33. The van der Waals surface area contributed by atoms with Gasteiger partial charge in [0, 0.05) is 18.9 Å². The molecule has 3 heterocycles. The van der Waals surface area contributed by atoms with Gasteiger partial charge >= 0.3 is 0 Å². The fraction of sp³-hybridized carbons (Fsp3) is 0.621. The van der Waals surface area contributed by atoms with Crippen LogP contribution in [0.1, 0.15) is 68.8 Å². The van der Waals surface area contributed by atoms with E-state index in [2.05, 4.69) is 28.3 Å². The molecule has 2 fully saturated rings. The molecule has 1 aromatic heterocycles. The predicted molar refractivity (Wildman–Crippen MR) is 150 cm³/mol. The van der Waals surface area contributed by atoms with Crippen molar-refractivity contribution in [3.8, 4) is 10.4 Å². The number of hydrogen-bond donors (Lipinski definition) is 3. The summed E-state index contributed by atoms with van der Waals surface area (Å²) in [7, 11) is 2.13. The van der Waals surface area contributed by atoms with E-state index in [0.717, 1.165) is 53.2 Å². The zero-order chi connectivity index (χ0) is 27.6. The van der Waals surface area contributed by atoms with Crippen LogP contribution >= 0.6 is 11.3 Å². The van der Waals surface area contributed by atoms with Crippen LogP contribution in [0.3, 0.4) is 0 Å². The Kier molecular flexibility index (Phi) is 9.23. The maximum Gasteiger partial charge on any atom is 0.243 e. The smallest absolute Gasteiger partial charge is 0.243 e. The third-order valence-corrected chi connectivity index (χ3v) is 9.36. The van der Waals surface area contributed by atoms with Crippen molar-refractivity contribution < 1.29 is 19.8 Å². The Morgan fingerprint density at radius 3 is 2.53 bits per heavy atom. The van der Waals surface area contributed by atoms with Crippen molar-refractivity contribution in [3.63, 3.8) is 0 Å². The van der Waals surface area contributed by atoms with E-state index < -0.39 is 18.2 Å². The molecule has 4 rings (SSSR count). The van der Waals surface area contributed by atoms with Gasteiger partial charge in [0.05, 0.1) is 34.8 Å². The maximum absolute atomic E-state index is 13.5. The molecule has 0 spiro atoms. The minimum atomic E-state index is -0.751. The van der Waals surface area contributed by atoms with E-state index in [4.69, 9.17) is 0 Å². The number of nitrogens with zero attached hydrogens (tertiary/aromatic N) is 3. The van der Waals surface area contributed by atoms with Gasteiger partial charge in [-0.1, -0.05) is 32.9 Å². The van der Waals surface area contributed by atoms with Crippen LogP contribution in [0.5, 0.6) is 0 Å². The second-order valence-corrected chi connectivity index (χ2v) is 12.2. The summed E-state index contributed by atoms with van der Waals surface area (Å²) in [5.74, 6) is -0.247. The second kappa shape index (κ2) is 12.2. The van der Waals surface area contributed by atoms with Gasteiger partial charge in [-0.2, -0.15) is 0 Å². The van der Waals surface area contributed by atoms with Crippen molar-refractivity contribution in [2.45, 2.75) is 71.1 Å². The molecular weight excluding hydrogens is 500 g/mol. The average molecular weight is 543 g/mol. The summed E-state index contributed by atoms with van der Waals surface area (Å²) in [6.45, 7) is 9.72. The summed E-state index contributed by atoms with van der Waals surface area (Å²) >= 11 is 1.61. The number of nitrogens with one attached hydrogen (secondary N) is 1. The number of amides is 2. The summed E-state index contributed by atoms with van der Waals surface area (Å²) in [6, 6.07) is 4.92. The summed E-state index contributed by atoms with van der Waals surface area (Å²) in [6.07, 6.45) is 1.47. The molecule has 4 atom stereocenters. The van der Waals surface area contributed by atoms with Crippen LogP contribution in [0.2, 0.25) is 0 Å². The van der Waals surface area contributed by atoms with Crippen LogP contribution in [-0.4, -0.2) is 82.2 Å². The van der Waals surface area contributed by atoms with Gasteiger partial charge in [-0.25, -0.2) is 4.98 Å². The summed E-state index contributed by atoms with van der Waals surface area (Å²) in [4.78, 5) is 36.0. The number of β-amino-alcohol motifs (C(OH)–C–C–N with tert-alkyl or cyclic N) is 1. The Bertz CT molecular complexity index is 1130. The summed E-state index contributed by atoms with van der Waals surface area (Å²) < 4.78 is 0. The SMILES string of the molecule is Cc1ncsc1-c1ccc(C(CO)NC(=O)C2CC(O)CN2C(=O)C(C)C(C)C)c(C2CCN(C)CC2)c1. The standard InChI is InChI=1S/C29H42N4O4S/c1-17(2)18(3)29(37)33-14-22(35)13-26(33)28(36)31-25(15-34)23-7-6-21(27-19(4)30-16-38-27)12-24(23)20-8-10-32(5)11-9-20/h6-7,12,16-18,20,22,25-26,34-35H,8-11,13-15H2,1-5H3,(H,31,36). The normalized spacial score (nSPS) is 22.6. The number of carbonyl (C=O) groups excluding carboxylic acids is 2. The van der Waals surface area contributed by atoms with Gasteiger partial charge < -0.3 is 25.3 Å². The van der Waals surface area contributed by atoms with E-state index in [-0.39, 0.29) is 43.2 Å². The fourth-order valence-electron chi connectivity index (χ4n) is 5.63. The lowest BCUT2D eigenvalue weighted by molar-refractivity contribution is -0.142. The number of thiazole rings is 1. The second-order valence-electron chi connectivity index (χ2n) is 11.4. The van der Waals surface area contributed by atoms with Gasteiger partial charge in [0.25, 0.3) is 0 Å². The molecule has 0 bridgehead atoms. The molecule has 2 aliphatic heterocycles. The van der Waals surface area contributed by atoms with Gasteiger partial charge in [-0.3, -0.25) is 9.59 Å². The summed E-state index contributed by atoms with van der Waals surface area (Å²) in [5.41, 5.74) is 6.01. The molecule has 3 N–H and O–H groups in total.